The molecule has 1 radical (unpaired) electrons. The van der Waals surface area contributed by atoms with Crippen LogP contribution in [-0.4, -0.2) is 26.3 Å². The number of hydrogen-bond donors (Lipinski definition) is 2. The van der Waals surface area contributed by atoms with Gasteiger partial charge in [0.05, 0.1) is 5.25 Å². The molecule has 7 heteroatoms. The molecule has 2 rings (SSSR count). The van der Waals surface area contributed by atoms with Gasteiger partial charge in [0.25, 0.3) is 0 Å². The van der Waals surface area contributed by atoms with E-state index in [2.05, 4.69) is 24.4 Å². The van der Waals surface area contributed by atoms with Crippen LogP contribution in [0.15, 0.2) is 42.5 Å². The van der Waals surface area contributed by atoms with Gasteiger partial charge in [0.2, 0.25) is 0 Å². The zero-order valence-corrected chi connectivity index (χ0v) is 20.7. The van der Waals surface area contributed by atoms with Crippen molar-refractivity contribution in [1.82, 2.24) is 5.32 Å². The second-order valence-corrected chi connectivity index (χ2v) is 10.9. The quantitative estimate of drug-likeness (QED) is 0.362. The molecule has 0 aromatic heterocycles. The number of sulfone groups is 1. The predicted octanol–water partition coefficient (Wildman–Crippen LogP) is 5.27. The van der Waals surface area contributed by atoms with Crippen LogP contribution in [0.3, 0.4) is 0 Å². The van der Waals surface area contributed by atoms with Gasteiger partial charge in [0, 0.05) is 25.2 Å². The number of halogens is 2. The van der Waals surface area contributed by atoms with Gasteiger partial charge in [-0.15, -0.1) is 0 Å². The maximum absolute atomic E-state index is 14.0. The van der Waals surface area contributed by atoms with Crippen LogP contribution in [0.2, 0.25) is 0 Å². The van der Waals surface area contributed by atoms with E-state index in [9.17, 15) is 17.2 Å². The average molecular weight is 480 g/mol. The maximum atomic E-state index is 14.0. The van der Waals surface area contributed by atoms with Crippen LogP contribution in [0.4, 0.5) is 8.78 Å². The molecule has 2 aromatic rings. The molecule has 0 fully saturated rings. The Hall–Kier alpha value is -1.83. The molecule has 0 aliphatic rings. The minimum absolute atomic E-state index is 0.0594. The predicted molar refractivity (Wildman–Crippen MR) is 131 cm³/mol. The summed E-state index contributed by atoms with van der Waals surface area (Å²) in [6.45, 7) is 6.93. The molecule has 4 nitrogen and oxygen atoms in total. The summed E-state index contributed by atoms with van der Waals surface area (Å²) in [4.78, 5) is 0. The lowest BCUT2D eigenvalue weighted by Crippen LogP contribution is -2.40. The van der Waals surface area contributed by atoms with Gasteiger partial charge < -0.3 is 11.1 Å². The van der Waals surface area contributed by atoms with Crippen LogP contribution in [-0.2, 0) is 22.8 Å². The third-order valence-electron chi connectivity index (χ3n) is 5.87. The van der Waals surface area contributed by atoms with Crippen molar-refractivity contribution in [3.8, 4) is 0 Å². The third-order valence-corrected chi connectivity index (χ3v) is 8.56. The summed E-state index contributed by atoms with van der Waals surface area (Å²) in [5.74, 6) is -1.62. The minimum Gasteiger partial charge on any atom is -0.326 e. The number of nitrogens with two attached hydrogens (primary N) is 1. The fraction of sp³-hybridized carbons (Fsp3) is 0.500. The topological polar surface area (TPSA) is 72.2 Å². The number of hydrogen-bond acceptors (Lipinski definition) is 4. The third kappa shape index (κ3) is 7.87. The van der Waals surface area contributed by atoms with E-state index in [0.717, 1.165) is 30.2 Å². The summed E-state index contributed by atoms with van der Waals surface area (Å²) in [7, 11) is -3.79. The average Bonchev–Trinajstić information content (AvgIpc) is 2.76. The van der Waals surface area contributed by atoms with Gasteiger partial charge >= 0.3 is 0 Å². The van der Waals surface area contributed by atoms with E-state index in [1.807, 2.05) is 26.0 Å². The zero-order valence-electron chi connectivity index (χ0n) is 19.9. The van der Waals surface area contributed by atoms with Crippen molar-refractivity contribution in [2.75, 3.05) is 6.54 Å². The highest BCUT2D eigenvalue weighted by molar-refractivity contribution is 7.92. The lowest BCUT2D eigenvalue weighted by atomic mass is 10.0. The second kappa shape index (κ2) is 13.2. The Morgan fingerprint density at radius 2 is 1.58 bits per heavy atom. The van der Waals surface area contributed by atoms with Gasteiger partial charge in [0.15, 0.2) is 9.84 Å². The SMILES string of the molecule is CCCC(CCC)S(=O)(=O)C(c1cc(F)cc(F)c1)[C@@H](N)[CH]CNCc1cccc(CC)c1. The summed E-state index contributed by atoms with van der Waals surface area (Å²) >= 11 is 0. The minimum atomic E-state index is -3.79. The molecular formula is C26H37F2N2O2S. The van der Waals surface area contributed by atoms with Gasteiger partial charge in [-0.25, -0.2) is 17.2 Å². The molecule has 2 aromatic carbocycles. The van der Waals surface area contributed by atoms with E-state index in [0.29, 0.717) is 38.8 Å². The number of benzene rings is 2. The monoisotopic (exact) mass is 479 g/mol. The van der Waals surface area contributed by atoms with Crippen molar-refractivity contribution in [2.45, 2.75) is 76.0 Å². The van der Waals surface area contributed by atoms with E-state index in [-0.39, 0.29) is 5.56 Å². The van der Waals surface area contributed by atoms with Gasteiger partial charge in [0.1, 0.15) is 16.9 Å². The van der Waals surface area contributed by atoms with Crippen molar-refractivity contribution in [3.05, 3.63) is 77.2 Å². The first-order valence-electron chi connectivity index (χ1n) is 11.8. The number of rotatable bonds is 14. The van der Waals surface area contributed by atoms with Gasteiger partial charge in [-0.3, -0.25) is 0 Å². The van der Waals surface area contributed by atoms with E-state index in [1.54, 1.807) is 6.42 Å². The van der Waals surface area contributed by atoms with Crippen molar-refractivity contribution in [3.63, 3.8) is 0 Å². The summed E-state index contributed by atoms with van der Waals surface area (Å²) in [5, 5.41) is 1.45. The van der Waals surface area contributed by atoms with Crippen LogP contribution in [0.1, 0.15) is 68.4 Å². The molecule has 183 valence electrons. The lowest BCUT2D eigenvalue weighted by Gasteiger charge is -2.29. The van der Waals surface area contributed by atoms with Crippen molar-refractivity contribution in [2.24, 2.45) is 5.73 Å². The Bertz CT molecular complexity index is 956. The van der Waals surface area contributed by atoms with E-state index >= 15 is 0 Å². The highest BCUT2D eigenvalue weighted by Gasteiger charge is 2.38. The fourth-order valence-electron chi connectivity index (χ4n) is 4.21. The molecule has 0 saturated carbocycles. The molecule has 0 amide bonds. The van der Waals surface area contributed by atoms with Crippen LogP contribution >= 0.6 is 0 Å². The van der Waals surface area contributed by atoms with Gasteiger partial charge in [-0.2, -0.15) is 0 Å². The molecule has 0 saturated heterocycles. The van der Waals surface area contributed by atoms with Crippen LogP contribution in [0, 0.1) is 18.1 Å². The Balaban J connectivity index is 2.21. The first-order chi connectivity index (χ1) is 15.7. The molecule has 33 heavy (non-hydrogen) atoms. The summed E-state index contributed by atoms with van der Waals surface area (Å²) in [5.41, 5.74) is 8.80. The molecule has 0 heterocycles. The molecule has 0 bridgehead atoms. The molecule has 1 unspecified atom stereocenters. The summed E-state index contributed by atoms with van der Waals surface area (Å²) in [6.07, 6.45) is 5.01. The summed E-state index contributed by atoms with van der Waals surface area (Å²) < 4.78 is 55.3. The molecule has 3 N–H and O–H groups in total. The van der Waals surface area contributed by atoms with Crippen LogP contribution in [0.25, 0.3) is 0 Å². The maximum Gasteiger partial charge on any atom is 0.161 e. The van der Waals surface area contributed by atoms with Crippen molar-refractivity contribution in [1.29, 1.82) is 0 Å². The largest absolute Gasteiger partial charge is 0.326 e. The van der Waals surface area contributed by atoms with E-state index in [4.69, 9.17) is 5.73 Å². The van der Waals surface area contributed by atoms with Crippen molar-refractivity contribution < 1.29 is 17.2 Å². The van der Waals surface area contributed by atoms with Gasteiger partial charge in [-0.05, 0) is 54.5 Å². The van der Waals surface area contributed by atoms with E-state index in [1.165, 1.54) is 5.56 Å². The highest BCUT2D eigenvalue weighted by Crippen LogP contribution is 2.34. The second-order valence-electron chi connectivity index (χ2n) is 8.53. The Morgan fingerprint density at radius 1 is 0.970 bits per heavy atom. The lowest BCUT2D eigenvalue weighted by molar-refractivity contribution is 0.524. The zero-order chi connectivity index (χ0) is 24.4. The first kappa shape index (κ1) is 27.4. The van der Waals surface area contributed by atoms with E-state index < -0.39 is 38.0 Å². The van der Waals surface area contributed by atoms with Crippen LogP contribution in [0.5, 0.6) is 0 Å². The number of nitrogens with one attached hydrogen (secondary N) is 1. The highest BCUT2D eigenvalue weighted by atomic mass is 32.2. The fourth-order valence-corrected chi connectivity index (χ4v) is 6.82. The molecule has 2 atom stereocenters. The smallest absolute Gasteiger partial charge is 0.161 e. The van der Waals surface area contributed by atoms with Crippen LogP contribution < -0.4 is 11.1 Å². The Labute approximate surface area is 197 Å². The van der Waals surface area contributed by atoms with Gasteiger partial charge in [-0.1, -0.05) is 57.9 Å². The normalized spacial score (nSPS) is 13.9. The molecule has 0 aliphatic heterocycles. The van der Waals surface area contributed by atoms with Crippen molar-refractivity contribution >= 4 is 9.84 Å². The number of aryl methyl sites for hydroxylation is 1. The summed E-state index contributed by atoms with van der Waals surface area (Å²) in [6, 6.07) is 10.2. The molecule has 0 spiro atoms. The molecular weight excluding hydrogens is 442 g/mol. The molecule has 0 aliphatic carbocycles. The Morgan fingerprint density at radius 3 is 2.15 bits per heavy atom. The first-order valence-corrected chi connectivity index (χ1v) is 13.4. The standard InChI is InChI=1S/C26H37F2N2O2S/c1-4-8-24(9-5-2)33(31,32)26(21-15-22(27)17-23(28)16-21)25(29)12-13-30-18-20-11-7-10-19(6-3)14-20/h7,10-12,14-17,24-26,30H,4-6,8-9,13,18,29H2,1-3H3/t25-,26?/m0/s1. The Kier molecular flexibility index (Phi) is 10.9.